The van der Waals surface area contributed by atoms with Gasteiger partial charge in [-0.1, -0.05) is 0 Å². The quantitative estimate of drug-likeness (QED) is 0.631. The highest BCUT2D eigenvalue weighted by Crippen LogP contribution is 2.06. The Morgan fingerprint density at radius 2 is 1.82 bits per heavy atom. The van der Waals surface area contributed by atoms with Crippen LogP contribution >= 0.6 is 0 Å². The molecule has 0 aromatic carbocycles. The summed E-state index contributed by atoms with van der Waals surface area (Å²) in [5.41, 5.74) is 5.33. The fourth-order valence-corrected chi connectivity index (χ4v) is 1.74. The maximum atomic E-state index is 11.9. The van der Waals surface area contributed by atoms with E-state index >= 15 is 0 Å². The number of nitrogen functional groups attached to an aromatic ring is 1. The maximum absolute atomic E-state index is 11.9. The van der Waals surface area contributed by atoms with Crippen LogP contribution in [0.5, 0.6) is 0 Å². The van der Waals surface area contributed by atoms with E-state index in [2.05, 4.69) is 15.2 Å². The molecule has 1 aliphatic heterocycles. The summed E-state index contributed by atoms with van der Waals surface area (Å²) in [5.74, 6) is -0.0205. The smallest absolute Gasteiger partial charge is 0.291 e. The Hall–Kier alpha value is -2.12. The van der Waals surface area contributed by atoms with E-state index in [1.54, 1.807) is 9.80 Å². The Morgan fingerprint density at radius 1 is 1.24 bits per heavy atom. The van der Waals surface area contributed by atoms with E-state index in [1.807, 2.05) is 0 Å². The molecule has 1 aliphatic rings. The number of anilines is 1. The molecule has 3 N–H and O–H groups in total. The van der Waals surface area contributed by atoms with Gasteiger partial charge >= 0.3 is 0 Å². The molecule has 0 atom stereocenters. The summed E-state index contributed by atoms with van der Waals surface area (Å²) in [5, 5.41) is 6.08. The summed E-state index contributed by atoms with van der Waals surface area (Å²) < 4.78 is 0. The fourth-order valence-electron chi connectivity index (χ4n) is 1.74. The van der Waals surface area contributed by atoms with Crippen LogP contribution in [0.15, 0.2) is 0 Å². The molecule has 1 aromatic rings. The number of amides is 2. The second-order valence-electron chi connectivity index (χ2n) is 3.84. The van der Waals surface area contributed by atoms with Crippen LogP contribution in [-0.2, 0) is 4.79 Å². The summed E-state index contributed by atoms with van der Waals surface area (Å²) >= 11 is 0. The molecule has 2 rings (SSSR count). The Kier molecular flexibility index (Phi) is 2.94. The summed E-state index contributed by atoms with van der Waals surface area (Å²) in [6.07, 6.45) is 0. The minimum absolute atomic E-state index is 0.0287. The SMILES string of the molecule is CC(=O)N1CCN(C(=O)c2nc(N)n[nH]2)CC1. The fraction of sp³-hybridized carbons (Fsp3) is 0.556. The van der Waals surface area contributed by atoms with Crippen LogP contribution in [0.25, 0.3) is 0 Å². The number of nitrogens with one attached hydrogen (secondary N) is 1. The minimum atomic E-state index is -0.239. The number of carbonyl (C=O) groups is 2. The number of nitrogens with zero attached hydrogens (tertiary/aromatic N) is 4. The second-order valence-corrected chi connectivity index (χ2v) is 3.84. The predicted octanol–water partition coefficient (Wildman–Crippen LogP) is -1.31. The number of aromatic amines is 1. The highest BCUT2D eigenvalue weighted by Gasteiger charge is 2.24. The van der Waals surface area contributed by atoms with Gasteiger partial charge in [-0.15, -0.1) is 5.10 Å². The normalized spacial score (nSPS) is 16.1. The lowest BCUT2D eigenvalue weighted by atomic mass is 10.3. The molecule has 0 aliphatic carbocycles. The summed E-state index contributed by atoms with van der Waals surface area (Å²) in [4.78, 5) is 30.2. The van der Waals surface area contributed by atoms with Crippen molar-refractivity contribution in [1.82, 2.24) is 25.0 Å². The first-order valence-electron chi connectivity index (χ1n) is 5.30. The van der Waals surface area contributed by atoms with Crippen molar-refractivity contribution >= 4 is 17.8 Å². The molecular formula is C9H14N6O2. The monoisotopic (exact) mass is 238 g/mol. The molecule has 0 bridgehead atoms. The topological polar surface area (TPSA) is 108 Å². The molecule has 1 fully saturated rings. The van der Waals surface area contributed by atoms with Gasteiger partial charge in [-0.3, -0.25) is 14.7 Å². The van der Waals surface area contributed by atoms with Crippen molar-refractivity contribution in [1.29, 1.82) is 0 Å². The van der Waals surface area contributed by atoms with Crippen molar-refractivity contribution in [3.8, 4) is 0 Å². The average Bonchev–Trinajstić information content (AvgIpc) is 2.75. The molecule has 8 heteroatoms. The molecule has 1 aromatic heterocycles. The zero-order valence-electron chi connectivity index (χ0n) is 9.51. The van der Waals surface area contributed by atoms with Gasteiger partial charge in [0, 0.05) is 33.1 Å². The molecule has 0 saturated carbocycles. The maximum Gasteiger partial charge on any atom is 0.291 e. The van der Waals surface area contributed by atoms with Gasteiger partial charge in [0.1, 0.15) is 0 Å². The van der Waals surface area contributed by atoms with E-state index < -0.39 is 0 Å². The van der Waals surface area contributed by atoms with Crippen LogP contribution in [0.3, 0.4) is 0 Å². The standard InChI is InChI=1S/C9H14N6O2/c1-6(16)14-2-4-15(5-3-14)8(17)7-11-9(10)13-12-7/h2-5H2,1H3,(H3,10,11,12,13). The van der Waals surface area contributed by atoms with E-state index in [9.17, 15) is 9.59 Å². The molecule has 1 saturated heterocycles. The highest BCUT2D eigenvalue weighted by molar-refractivity contribution is 5.90. The predicted molar refractivity (Wildman–Crippen MR) is 59.0 cm³/mol. The highest BCUT2D eigenvalue weighted by atomic mass is 16.2. The number of piperazine rings is 1. The van der Waals surface area contributed by atoms with Gasteiger partial charge in [-0.25, -0.2) is 0 Å². The van der Waals surface area contributed by atoms with Gasteiger partial charge in [0.05, 0.1) is 0 Å². The van der Waals surface area contributed by atoms with Crippen molar-refractivity contribution < 1.29 is 9.59 Å². The van der Waals surface area contributed by atoms with Crippen LogP contribution in [0.2, 0.25) is 0 Å². The summed E-state index contributed by atoms with van der Waals surface area (Å²) in [6, 6.07) is 0. The first kappa shape index (κ1) is 11.4. The molecule has 0 spiro atoms. The van der Waals surface area contributed by atoms with Crippen LogP contribution in [0.1, 0.15) is 17.5 Å². The third kappa shape index (κ3) is 2.35. The van der Waals surface area contributed by atoms with Crippen LogP contribution < -0.4 is 5.73 Å². The van der Waals surface area contributed by atoms with Crippen LogP contribution in [0.4, 0.5) is 5.95 Å². The van der Waals surface area contributed by atoms with E-state index in [-0.39, 0.29) is 23.6 Å². The first-order valence-corrected chi connectivity index (χ1v) is 5.30. The lowest BCUT2D eigenvalue weighted by Crippen LogP contribution is -2.50. The van der Waals surface area contributed by atoms with Crippen molar-refractivity contribution in [3.63, 3.8) is 0 Å². The number of H-pyrrole nitrogens is 1. The molecule has 8 nitrogen and oxygen atoms in total. The van der Waals surface area contributed by atoms with E-state index in [0.717, 1.165) is 0 Å². The molecule has 2 amide bonds. The average molecular weight is 238 g/mol. The number of carbonyl (C=O) groups excluding carboxylic acids is 2. The molecule has 17 heavy (non-hydrogen) atoms. The Balaban J connectivity index is 1.97. The van der Waals surface area contributed by atoms with Crippen molar-refractivity contribution in [2.24, 2.45) is 0 Å². The van der Waals surface area contributed by atoms with E-state index in [0.29, 0.717) is 26.2 Å². The van der Waals surface area contributed by atoms with Crippen LogP contribution in [-0.4, -0.2) is 63.0 Å². The van der Waals surface area contributed by atoms with Crippen molar-refractivity contribution in [2.75, 3.05) is 31.9 Å². The van der Waals surface area contributed by atoms with Gasteiger partial charge in [-0.2, -0.15) is 4.98 Å². The van der Waals surface area contributed by atoms with Gasteiger partial charge in [0.2, 0.25) is 17.7 Å². The molecule has 2 heterocycles. The van der Waals surface area contributed by atoms with E-state index in [1.165, 1.54) is 6.92 Å². The minimum Gasteiger partial charge on any atom is -0.366 e. The Bertz CT molecular complexity index is 434. The van der Waals surface area contributed by atoms with Crippen molar-refractivity contribution in [3.05, 3.63) is 5.82 Å². The molecular weight excluding hydrogens is 224 g/mol. The zero-order valence-corrected chi connectivity index (χ0v) is 9.51. The number of nitrogens with two attached hydrogens (primary N) is 1. The van der Waals surface area contributed by atoms with E-state index in [4.69, 9.17) is 5.73 Å². The second kappa shape index (κ2) is 4.40. The Labute approximate surface area is 97.8 Å². The zero-order chi connectivity index (χ0) is 12.4. The summed E-state index contributed by atoms with van der Waals surface area (Å²) in [6.45, 7) is 3.61. The molecule has 0 unspecified atom stereocenters. The third-order valence-corrected chi connectivity index (χ3v) is 2.72. The number of rotatable bonds is 1. The number of hydrogen-bond acceptors (Lipinski definition) is 5. The molecule has 92 valence electrons. The lowest BCUT2D eigenvalue weighted by Gasteiger charge is -2.33. The van der Waals surface area contributed by atoms with Gasteiger partial charge in [-0.05, 0) is 0 Å². The largest absolute Gasteiger partial charge is 0.366 e. The number of aromatic nitrogens is 3. The Morgan fingerprint density at radius 3 is 2.29 bits per heavy atom. The number of hydrogen-bond donors (Lipinski definition) is 2. The van der Waals surface area contributed by atoms with Crippen molar-refractivity contribution in [2.45, 2.75) is 6.92 Å². The third-order valence-electron chi connectivity index (χ3n) is 2.72. The lowest BCUT2D eigenvalue weighted by molar-refractivity contribution is -0.130. The van der Waals surface area contributed by atoms with Gasteiger partial charge in [0.15, 0.2) is 0 Å². The van der Waals surface area contributed by atoms with Gasteiger partial charge < -0.3 is 15.5 Å². The first-order chi connectivity index (χ1) is 8.08. The summed E-state index contributed by atoms with van der Waals surface area (Å²) in [7, 11) is 0. The van der Waals surface area contributed by atoms with Gasteiger partial charge in [0.25, 0.3) is 5.91 Å². The molecule has 0 radical (unpaired) electrons. The van der Waals surface area contributed by atoms with Crippen LogP contribution in [0, 0.1) is 0 Å².